The summed E-state index contributed by atoms with van der Waals surface area (Å²) in [4.78, 5) is 29.0. The van der Waals surface area contributed by atoms with Crippen LogP contribution in [-0.2, 0) is 16.1 Å². The van der Waals surface area contributed by atoms with Crippen LogP contribution in [0.4, 0.5) is 9.18 Å². The largest absolute Gasteiger partial charge is 0.533 e. The van der Waals surface area contributed by atoms with E-state index in [1.54, 1.807) is 30.3 Å². The molecule has 0 bridgehead atoms. The Kier molecular flexibility index (Phi) is 6.32. The van der Waals surface area contributed by atoms with Crippen molar-refractivity contribution in [3.05, 3.63) is 95.3 Å². The maximum Gasteiger partial charge on any atom is 0.533 e. The van der Waals surface area contributed by atoms with Gasteiger partial charge < -0.3 is 19.4 Å². The molecular formula is C24H20FNO6. The van der Waals surface area contributed by atoms with Crippen molar-refractivity contribution in [3.63, 3.8) is 0 Å². The summed E-state index contributed by atoms with van der Waals surface area (Å²) < 4.78 is 24.9. The molecule has 0 aliphatic carbocycles. The minimum absolute atomic E-state index is 0.181. The standard InChI is InChI=1S/C24H20FNO6/c25-17-10-11-21(30-15-22(27)28)20(14-17)23-19-9-5-4-6-16(19)12-13-26(23)32-24(29)31-18-7-2-1-3-8-18/h1-11,14,23H,12-13,15H2,(H,27,28). The summed E-state index contributed by atoms with van der Waals surface area (Å²) in [6, 6.07) is 19.1. The van der Waals surface area contributed by atoms with Gasteiger partial charge in [0.2, 0.25) is 0 Å². The van der Waals surface area contributed by atoms with Crippen molar-refractivity contribution in [2.24, 2.45) is 0 Å². The normalized spacial score (nSPS) is 15.5. The van der Waals surface area contributed by atoms with Gasteiger partial charge in [0.25, 0.3) is 0 Å². The summed E-state index contributed by atoms with van der Waals surface area (Å²) >= 11 is 0. The number of aliphatic carboxylic acids is 1. The van der Waals surface area contributed by atoms with E-state index in [0.29, 0.717) is 24.3 Å². The summed E-state index contributed by atoms with van der Waals surface area (Å²) in [5.41, 5.74) is 2.13. The molecule has 0 spiro atoms. The van der Waals surface area contributed by atoms with Crippen molar-refractivity contribution in [2.75, 3.05) is 13.2 Å². The maximum atomic E-state index is 14.2. The van der Waals surface area contributed by atoms with Crippen molar-refractivity contribution < 1.29 is 33.4 Å². The predicted octanol–water partition coefficient (Wildman–Crippen LogP) is 4.37. The van der Waals surface area contributed by atoms with Crippen LogP contribution in [0.15, 0.2) is 72.8 Å². The van der Waals surface area contributed by atoms with E-state index >= 15 is 0 Å². The van der Waals surface area contributed by atoms with Gasteiger partial charge in [0.15, 0.2) is 6.61 Å². The van der Waals surface area contributed by atoms with Crippen LogP contribution in [0.5, 0.6) is 11.5 Å². The maximum absolute atomic E-state index is 14.2. The molecule has 1 aliphatic rings. The number of carbonyl (C=O) groups is 2. The average molecular weight is 437 g/mol. The number of ether oxygens (including phenoxy) is 2. The number of hydroxylamine groups is 2. The Morgan fingerprint density at radius 2 is 1.75 bits per heavy atom. The van der Waals surface area contributed by atoms with E-state index in [9.17, 15) is 14.0 Å². The van der Waals surface area contributed by atoms with Gasteiger partial charge in [0.1, 0.15) is 23.4 Å². The summed E-state index contributed by atoms with van der Waals surface area (Å²) in [6.45, 7) is -0.273. The topological polar surface area (TPSA) is 85.3 Å². The van der Waals surface area contributed by atoms with Gasteiger partial charge in [-0.1, -0.05) is 42.5 Å². The lowest BCUT2D eigenvalue weighted by Gasteiger charge is -2.36. The van der Waals surface area contributed by atoms with Gasteiger partial charge in [-0.2, -0.15) is 0 Å². The van der Waals surface area contributed by atoms with Crippen LogP contribution < -0.4 is 9.47 Å². The molecule has 32 heavy (non-hydrogen) atoms. The van der Waals surface area contributed by atoms with E-state index in [4.69, 9.17) is 19.4 Å². The molecule has 164 valence electrons. The van der Waals surface area contributed by atoms with E-state index in [0.717, 1.165) is 11.1 Å². The summed E-state index contributed by atoms with van der Waals surface area (Å²) in [5, 5.41) is 10.4. The van der Waals surface area contributed by atoms with Crippen molar-refractivity contribution in [1.82, 2.24) is 5.06 Å². The number of rotatable bonds is 6. The molecule has 3 aromatic rings. The number of para-hydroxylation sites is 1. The molecule has 0 radical (unpaired) electrons. The Hall–Kier alpha value is -3.91. The van der Waals surface area contributed by atoms with Crippen LogP contribution in [0.2, 0.25) is 0 Å². The van der Waals surface area contributed by atoms with Crippen LogP contribution in [-0.4, -0.2) is 35.4 Å². The van der Waals surface area contributed by atoms with Crippen molar-refractivity contribution in [2.45, 2.75) is 12.5 Å². The molecule has 1 aliphatic heterocycles. The third kappa shape index (κ3) is 4.87. The highest BCUT2D eigenvalue weighted by Crippen LogP contribution is 2.40. The number of carboxylic acids is 1. The molecule has 1 unspecified atom stereocenters. The highest BCUT2D eigenvalue weighted by atomic mass is 19.1. The molecule has 1 heterocycles. The van der Waals surface area contributed by atoms with Crippen LogP contribution >= 0.6 is 0 Å². The molecule has 0 amide bonds. The number of hydrogen-bond acceptors (Lipinski definition) is 6. The average Bonchev–Trinajstić information content (AvgIpc) is 2.78. The van der Waals surface area contributed by atoms with Crippen LogP contribution in [0.25, 0.3) is 0 Å². The molecule has 0 fully saturated rings. The number of fused-ring (bicyclic) bond motifs is 1. The predicted molar refractivity (Wildman–Crippen MR) is 112 cm³/mol. The van der Waals surface area contributed by atoms with Crippen LogP contribution in [0.3, 0.4) is 0 Å². The summed E-state index contributed by atoms with van der Waals surface area (Å²) in [5.74, 6) is -1.19. The third-order valence-corrected chi connectivity index (χ3v) is 4.99. The smallest absolute Gasteiger partial charge is 0.482 e. The van der Waals surface area contributed by atoms with E-state index in [-0.39, 0.29) is 5.75 Å². The zero-order valence-electron chi connectivity index (χ0n) is 16.9. The minimum atomic E-state index is -1.16. The minimum Gasteiger partial charge on any atom is -0.482 e. The SMILES string of the molecule is O=C(O)COc1ccc(F)cc1C1c2ccccc2CCN1OC(=O)Oc1ccccc1. The second kappa shape index (κ2) is 9.49. The van der Waals surface area contributed by atoms with Crippen LogP contribution in [0.1, 0.15) is 22.7 Å². The number of carboxylic acid groups (broad SMARTS) is 1. The molecule has 1 atom stereocenters. The van der Waals surface area contributed by atoms with E-state index < -0.39 is 30.6 Å². The molecule has 8 heteroatoms. The Morgan fingerprint density at radius 3 is 2.53 bits per heavy atom. The van der Waals surface area contributed by atoms with E-state index in [1.807, 2.05) is 24.3 Å². The van der Waals surface area contributed by atoms with Crippen molar-refractivity contribution in [1.29, 1.82) is 0 Å². The number of nitrogens with zero attached hydrogens (tertiary/aromatic N) is 1. The van der Waals surface area contributed by atoms with Gasteiger partial charge in [-0.05, 0) is 47.9 Å². The summed E-state index contributed by atoms with van der Waals surface area (Å²) in [6.07, 6.45) is -0.351. The van der Waals surface area contributed by atoms with Gasteiger partial charge in [0.05, 0.1) is 0 Å². The fourth-order valence-corrected chi connectivity index (χ4v) is 3.67. The number of benzene rings is 3. The second-order valence-corrected chi connectivity index (χ2v) is 7.11. The molecule has 7 nitrogen and oxygen atoms in total. The monoisotopic (exact) mass is 437 g/mol. The Balaban J connectivity index is 1.68. The molecule has 4 rings (SSSR count). The van der Waals surface area contributed by atoms with Crippen molar-refractivity contribution >= 4 is 12.1 Å². The van der Waals surface area contributed by atoms with Gasteiger partial charge in [0, 0.05) is 12.1 Å². The molecule has 0 saturated carbocycles. The quantitative estimate of drug-likeness (QED) is 0.453. The summed E-state index contributed by atoms with van der Waals surface area (Å²) in [7, 11) is 0. The number of carbonyl (C=O) groups excluding carboxylic acids is 1. The zero-order chi connectivity index (χ0) is 22.5. The second-order valence-electron chi connectivity index (χ2n) is 7.11. The molecule has 0 saturated heterocycles. The fraction of sp³-hybridized carbons (Fsp3) is 0.167. The highest BCUT2D eigenvalue weighted by Gasteiger charge is 2.34. The van der Waals surface area contributed by atoms with Crippen LogP contribution in [0, 0.1) is 5.82 Å². The van der Waals surface area contributed by atoms with E-state index in [1.165, 1.54) is 23.3 Å². The number of halogens is 1. The van der Waals surface area contributed by atoms with Gasteiger partial charge >= 0.3 is 12.1 Å². The zero-order valence-corrected chi connectivity index (χ0v) is 16.9. The lowest BCUT2D eigenvalue weighted by Crippen LogP contribution is -2.38. The third-order valence-electron chi connectivity index (χ3n) is 4.99. The first-order chi connectivity index (χ1) is 15.5. The van der Waals surface area contributed by atoms with Crippen molar-refractivity contribution in [3.8, 4) is 11.5 Å². The molecule has 0 aromatic heterocycles. The lowest BCUT2D eigenvalue weighted by molar-refractivity contribution is -0.141. The Labute approximate surface area is 183 Å². The Bertz CT molecular complexity index is 1120. The molecule has 1 N–H and O–H groups in total. The first-order valence-corrected chi connectivity index (χ1v) is 9.94. The van der Waals surface area contributed by atoms with Gasteiger partial charge in [-0.25, -0.2) is 14.0 Å². The molecule has 3 aromatic carbocycles. The van der Waals surface area contributed by atoms with Gasteiger partial charge in [-0.3, -0.25) is 0 Å². The highest BCUT2D eigenvalue weighted by molar-refractivity contribution is 5.68. The fourth-order valence-electron chi connectivity index (χ4n) is 3.67. The number of hydrogen-bond donors (Lipinski definition) is 1. The first-order valence-electron chi connectivity index (χ1n) is 9.94. The molecular weight excluding hydrogens is 417 g/mol. The Morgan fingerprint density at radius 1 is 1.00 bits per heavy atom. The van der Waals surface area contributed by atoms with E-state index in [2.05, 4.69) is 0 Å². The van der Waals surface area contributed by atoms with Gasteiger partial charge in [-0.15, -0.1) is 5.06 Å². The first kappa shape index (κ1) is 21.3. The lowest BCUT2D eigenvalue weighted by atomic mass is 9.89.